The summed E-state index contributed by atoms with van der Waals surface area (Å²) in [5, 5.41) is 7.11. The summed E-state index contributed by atoms with van der Waals surface area (Å²) in [5.41, 5.74) is 7.18. The Labute approximate surface area is 106 Å². The van der Waals surface area contributed by atoms with Gasteiger partial charge >= 0.3 is 0 Å². The highest BCUT2D eigenvalue weighted by molar-refractivity contribution is 7.07. The van der Waals surface area contributed by atoms with Crippen LogP contribution in [0.25, 0.3) is 0 Å². The number of hydrogen-bond acceptors (Lipinski definition) is 3. The van der Waals surface area contributed by atoms with Crippen LogP contribution in [-0.2, 0) is 11.2 Å². The van der Waals surface area contributed by atoms with Gasteiger partial charge in [0, 0.05) is 12.1 Å². The van der Waals surface area contributed by atoms with Gasteiger partial charge in [-0.25, -0.2) is 0 Å². The van der Waals surface area contributed by atoms with Crippen molar-refractivity contribution in [2.75, 3.05) is 0 Å². The predicted molar refractivity (Wildman–Crippen MR) is 71.0 cm³/mol. The van der Waals surface area contributed by atoms with E-state index in [1.54, 1.807) is 11.3 Å². The van der Waals surface area contributed by atoms with Crippen molar-refractivity contribution in [3.63, 3.8) is 0 Å². The van der Waals surface area contributed by atoms with E-state index in [0.29, 0.717) is 6.42 Å². The lowest BCUT2D eigenvalue weighted by atomic mass is 10.0. The van der Waals surface area contributed by atoms with Crippen LogP contribution in [-0.4, -0.2) is 18.0 Å². The second-order valence-corrected chi connectivity index (χ2v) is 5.56. The van der Waals surface area contributed by atoms with Gasteiger partial charge < -0.3 is 11.1 Å². The number of rotatable bonds is 3. The Morgan fingerprint density at radius 3 is 3.00 bits per heavy atom. The third-order valence-electron chi connectivity index (χ3n) is 3.36. The molecule has 2 atom stereocenters. The lowest BCUT2D eigenvalue weighted by Gasteiger charge is -2.22. The highest BCUT2D eigenvalue weighted by atomic mass is 32.1. The van der Waals surface area contributed by atoms with Crippen LogP contribution in [0, 0.1) is 0 Å². The van der Waals surface area contributed by atoms with Crippen LogP contribution in [0.3, 0.4) is 0 Å². The summed E-state index contributed by atoms with van der Waals surface area (Å²) in [7, 11) is 0. The Kier molecular flexibility index (Phi) is 4.57. The zero-order valence-electron chi connectivity index (χ0n) is 10.0. The van der Waals surface area contributed by atoms with Crippen LogP contribution >= 0.6 is 11.3 Å². The maximum atomic E-state index is 11.9. The van der Waals surface area contributed by atoms with E-state index in [1.807, 2.05) is 16.8 Å². The summed E-state index contributed by atoms with van der Waals surface area (Å²) < 4.78 is 0. The van der Waals surface area contributed by atoms with Gasteiger partial charge in [0.2, 0.25) is 5.91 Å². The van der Waals surface area contributed by atoms with E-state index in [-0.39, 0.29) is 18.0 Å². The van der Waals surface area contributed by atoms with Crippen molar-refractivity contribution >= 4 is 17.2 Å². The minimum atomic E-state index is 0.103. The molecular formula is C13H20N2OS. The first-order valence-corrected chi connectivity index (χ1v) is 7.26. The molecule has 3 nitrogen and oxygen atoms in total. The molecule has 1 saturated carbocycles. The van der Waals surface area contributed by atoms with E-state index >= 15 is 0 Å². The molecule has 4 heteroatoms. The zero-order valence-corrected chi connectivity index (χ0v) is 10.8. The Bertz CT molecular complexity index is 350. The molecular weight excluding hydrogens is 232 g/mol. The first-order chi connectivity index (χ1) is 8.25. The molecule has 0 spiro atoms. The third-order valence-corrected chi connectivity index (χ3v) is 4.09. The molecule has 3 N–H and O–H groups in total. The number of carbonyl (C=O) groups is 1. The first kappa shape index (κ1) is 12.6. The maximum absolute atomic E-state index is 11.9. The second kappa shape index (κ2) is 6.17. The van der Waals surface area contributed by atoms with E-state index in [4.69, 9.17) is 5.73 Å². The fourth-order valence-electron chi connectivity index (χ4n) is 2.35. The SMILES string of the molecule is NC1CCCCCC1NC(=O)Cc1ccsc1. The Hall–Kier alpha value is -0.870. The first-order valence-electron chi connectivity index (χ1n) is 6.32. The standard InChI is InChI=1S/C13H20N2OS/c14-11-4-2-1-3-5-12(11)15-13(16)8-10-6-7-17-9-10/h6-7,9,11-12H,1-5,8,14H2,(H,15,16). The Morgan fingerprint density at radius 1 is 1.41 bits per heavy atom. The summed E-state index contributed by atoms with van der Waals surface area (Å²) in [4.78, 5) is 11.9. The van der Waals surface area contributed by atoms with Crippen molar-refractivity contribution in [3.8, 4) is 0 Å². The molecule has 1 aliphatic rings. The molecule has 2 unspecified atom stereocenters. The summed E-state index contributed by atoms with van der Waals surface area (Å²) in [6.07, 6.45) is 6.15. The molecule has 1 fully saturated rings. The molecule has 0 saturated heterocycles. The highest BCUT2D eigenvalue weighted by Crippen LogP contribution is 2.17. The topological polar surface area (TPSA) is 55.1 Å². The van der Waals surface area contributed by atoms with Crippen LogP contribution in [0.2, 0.25) is 0 Å². The van der Waals surface area contributed by atoms with Crippen molar-refractivity contribution in [1.29, 1.82) is 0 Å². The maximum Gasteiger partial charge on any atom is 0.224 e. The van der Waals surface area contributed by atoms with Gasteiger partial charge in [0.1, 0.15) is 0 Å². The number of thiophene rings is 1. The minimum Gasteiger partial charge on any atom is -0.352 e. The quantitative estimate of drug-likeness (QED) is 0.809. The predicted octanol–water partition coefficient (Wildman–Crippen LogP) is 2.07. The van der Waals surface area contributed by atoms with Crippen LogP contribution in [0.1, 0.15) is 37.7 Å². The van der Waals surface area contributed by atoms with Crippen molar-refractivity contribution in [3.05, 3.63) is 22.4 Å². The number of amides is 1. The van der Waals surface area contributed by atoms with Crippen molar-refractivity contribution in [2.24, 2.45) is 5.73 Å². The zero-order chi connectivity index (χ0) is 12.1. The van der Waals surface area contributed by atoms with Crippen LogP contribution < -0.4 is 11.1 Å². The van der Waals surface area contributed by atoms with Gasteiger partial charge in [-0.3, -0.25) is 4.79 Å². The van der Waals surface area contributed by atoms with Gasteiger partial charge in [-0.05, 0) is 35.2 Å². The number of nitrogens with two attached hydrogens (primary N) is 1. The number of nitrogens with one attached hydrogen (secondary N) is 1. The molecule has 94 valence electrons. The summed E-state index contributed by atoms with van der Waals surface area (Å²) in [5.74, 6) is 0.103. The van der Waals surface area contributed by atoms with Crippen LogP contribution in [0.4, 0.5) is 0 Å². The van der Waals surface area contributed by atoms with Crippen molar-refractivity contribution in [2.45, 2.75) is 50.6 Å². The Balaban J connectivity index is 1.84. The van der Waals surface area contributed by atoms with Gasteiger partial charge in [0.25, 0.3) is 0 Å². The monoisotopic (exact) mass is 252 g/mol. The molecule has 0 radical (unpaired) electrons. The lowest BCUT2D eigenvalue weighted by Crippen LogP contribution is -2.47. The largest absolute Gasteiger partial charge is 0.352 e. The fraction of sp³-hybridized carbons (Fsp3) is 0.615. The third kappa shape index (κ3) is 3.82. The van der Waals surface area contributed by atoms with E-state index in [0.717, 1.165) is 18.4 Å². The average molecular weight is 252 g/mol. The van der Waals surface area contributed by atoms with Gasteiger partial charge in [0.05, 0.1) is 6.42 Å². The average Bonchev–Trinajstić information content (AvgIpc) is 2.71. The smallest absolute Gasteiger partial charge is 0.224 e. The van der Waals surface area contributed by atoms with Gasteiger partial charge in [-0.15, -0.1) is 0 Å². The van der Waals surface area contributed by atoms with E-state index < -0.39 is 0 Å². The fourth-order valence-corrected chi connectivity index (χ4v) is 3.02. The number of hydrogen-bond donors (Lipinski definition) is 2. The molecule has 1 aromatic heterocycles. The Morgan fingerprint density at radius 2 is 2.24 bits per heavy atom. The summed E-state index contributed by atoms with van der Waals surface area (Å²) in [6.45, 7) is 0. The van der Waals surface area contributed by atoms with Crippen molar-refractivity contribution in [1.82, 2.24) is 5.32 Å². The van der Waals surface area contributed by atoms with E-state index in [2.05, 4.69) is 5.32 Å². The molecule has 17 heavy (non-hydrogen) atoms. The number of carbonyl (C=O) groups excluding carboxylic acids is 1. The van der Waals surface area contributed by atoms with Gasteiger partial charge in [0.15, 0.2) is 0 Å². The molecule has 0 bridgehead atoms. The summed E-state index contributed by atoms with van der Waals surface area (Å²) >= 11 is 1.63. The molecule has 1 aliphatic carbocycles. The van der Waals surface area contributed by atoms with Crippen molar-refractivity contribution < 1.29 is 4.79 Å². The summed E-state index contributed by atoms with van der Waals surface area (Å²) in [6, 6.07) is 2.30. The molecule has 1 aromatic rings. The van der Waals surface area contributed by atoms with Crippen LogP contribution in [0.5, 0.6) is 0 Å². The van der Waals surface area contributed by atoms with E-state index in [1.165, 1.54) is 19.3 Å². The normalized spacial score (nSPS) is 25.2. The molecule has 0 aromatic carbocycles. The van der Waals surface area contributed by atoms with Gasteiger partial charge in [-0.2, -0.15) is 11.3 Å². The molecule has 0 aliphatic heterocycles. The van der Waals surface area contributed by atoms with Crippen LogP contribution in [0.15, 0.2) is 16.8 Å². The van der Waals surface area contributed by atoms with E-state index in [9.17, 15) is 4.79 Å². The highest BCUT2D eigenvalue weighted by Gasteiger charge is 2.21. The van der Waals surface area contributed by atoms with Gasteiger partial charge in [-0.1, -0.05) is 19.3 Å². The molecule has 1 amide bonds. The second-order valence-electron chi connectivity index (χ2n) is 4.78. The molecule has 2 rings (SSSR count). The minimum absolute atomic E-state index is 0.103. The molecule has 1 heterocycles. The lowest BCUT2D eigenvalue weighted by molar-refractivity contribution is -0.121.